The van der Waals surface area contributed by atoms with Crippen LogP contribution >= 0.6 is 0 Å². The molecule has 0 bridgehead atoms. The summed E-state index contributed by atoms with van der Waals surface area (Å²) in [7, 11) is 0. The van der Waals surface area contributed by atoms with Crippen molar-refractivity contribution in [2.24, 2.45) is 11.8 Å². The van der Waals surface area contributed by atoms with E-state index in [-0.39, 0.29) is 5.97 Å². The second-order valence-electron chi connectivity index (χ2n) is 5.82. The summed E-state index contributed by atoms with van der Waals surface area (Å²) < 4.78 is 4.98. The summed E-state index contributed by atoms with van der Waals surface area (Å²) in [5, 5.41) is 3.48. The van der Waals surface area contributed by atoms with E-state index >= 15 is 0 Å². The zero-order chi connectivity index (χ0) is 14.4. The zero-order valence-electron chi connectivity index (χ0n) is 12.5. The summed E-state index contributed by atoms with van der Waals surface area (Å²) in [6, 6.07) is 7.56. The van der Waals surface area contributed by atoms with Gasteiger partial charge < -0.3 is 10.1 Å². The summed E-state index contributed by atoms with van der Waals surface area (Å²) >= 11 is 0. The Morgan fingerprint density at radius 2 is 2.05 bits per heavy atom. The number of hydrogen-bond donors (Lipinski definition) is 1. The van der Waals surface area contributed by atoms with E-state index in [0.717, 1.165) is 24.1 Å². The Hall–Kier alpha value is -1.51. The Morgan fingerprint density at radius 3 is 2.70 bits per heavy atom. The van der Waals surface area contributed by atoms with Crippen molar-refractivity contribution >= 4 is 11.7 Å². The van der Waals surface area contributed by atoms with E-state index < -0.39 is 0 Å². The van der Waals surface area contributed by atoms with Crippen molar-refractivity contribution in [3.05, 3.63) is 29.8 Å². The van der Waals surface area contributed by atoms with Crippen LogP contribution in [0.5, 0.6) is 0 Å². The van der Waals surface area contributed by atoms with Crippen molar-refractivity contribution in [3.63, 3.8) is 0 Å². The first kappa shape index (κ1) is 14.9. The zero-order valence-corrected chi connectivity index (χ0v) is 12.5. The summed E-state index contributed by atoms with van der Waals surface area (Å²) in [5.41, 5.74) is 1.69. The average Bonchev–Trinajstić information content (AvgIpc) is 2.46. The van der Waals surface area contributed by atoms with E-state index in [1.165, 1.54) is 25.7 Å². The number of carbonyl (C=O) groups is 1. The van der Waals surface area contributed by atoms with Gasteiger partial charge in [-0.25, -0.2) is 4.79 Å². The molecular formula is C17H25NO2. The summed E-state index contributed by atoms with van der Waals surface area (Å²) in [5.74, 6) is 1.39. The highest BCUT2D eigenvalue weighted by atomic mass is 16.5. The second-order valence-corrected chi connectivity index (χ2v) is 5.82. The molecule has 0 aliphatic heterocycles. The lowest BCUT2D eigenvalue weighted by Gasteiger charge is -2.27. The fourth-order valence-corrected chi connectivity index (χ4v) is 2.95. The molecule has 1 aliphatic rings. The topological polar surface area (TPSA) is 38.3 Å². The first-order valence-corrected chi connectivity index (χ1v) is 7.70. The Kier molecular flexibility index (Phi) is 5.45. The van der Waals surface area contributed by atoms with E-state index in [1.807, 2.05) is 31.2 Å². The highest BCUT2D eigenvalue weighted by Gasteiger charge is 2.18. The number of ether oxygens (including phenoxy) is 1. The fourth-order valence-electron chi connectivity index (χ4n) is 2.95. The summed E-state index contributed by atoms with van der Waals surface area (Å²) in [6.07, 6.45) is 5.40. The molecule has 0 amide bonds. The maximum absolute atomic E-state index is 11.6. The Bertz CT molecular complexity index is 427. The first-order valence-electron chi connectivity index (χ1n) is 7.70. The number of nitrogens with one attached hydrogen (secondary N) is 1. The Labute approximate surface area is 121 Å². The largest absolute Gasteiger partial charge is 0.462 e. The SMILES string of the molecule is CCOC(=O)c1ccc(NCC2CCCC(C)C2)cc1. The van der Waals surface area contributed by atoms with Crippen molar-refractivity contribution in [1.29, 1.82) is 0 Å². The minimum absolute atomic E-state index is 0.250. The lowest BCUT2D eigenvalue weighted by molar-refractivity contribution is 0.0526. The molecule has 3 heteroatoms. The van der Waals surface area contributed by atoms with Crippen LogP contribution in [0.2, 0.25) is 0 Å². The number of benzene rings is 1. The van der Waals surface area contributed by atoms with Gasteiger partial charge in [-0.05, 0) is 55.9 Å². The van der Waals surface area contributed by atoms with Crippen LogP contribution in [-0.4, -0.2) is 19.1 Å². The first-order chi connectivity index (χ1) is 9.69. The monoisotopic (exact) mass is 275 g/mol. The smallest absolute Gasteiger partial charge is 0.338 e. The van der Waals surface area contributed by atoms with Crippen LogP contribution in [0, 0.1) is 11.8 Å². The van der Waals surface area contributed by atoms with E-state index in [0.29, 0.717) is 12.2 Å². The van der Waals surface area contributed by atoms with Gasteiger partial charge in [-0.3, -0.25) is 0 Å². The average molecular weight is 275 g/mol. The molecular weight excluding hydrogens is 250 g/mol. The summed E-state index contributed by atoms with van der Waals surface area (Å²) in [4.78, 5) is 11.6. The van der Waals surface area contributed by atoms with Gasteiger partial charge in [-0.2, -0.15) is 0 Å². The minimum atomic E-state index is -0.250. The fraction of sp³-hybridized carbons (Fsp3) is 0.588. The predicted molar refractivity (Wildman–Crippen MR) is 82.0 cm³/mol. The van der Waals surface area contributed by atoms with Gasteiger partial charge in [-0.15, -0.1) is 0 Å². The van der Waals surface area contributed by atoms with Crippen molar-refractivity contribution in [3.8, 4) is 0 Å². The third-order valence-electron chi connectivity index (χ3n) is 4.04. The van der Waals surface area contributed by atoms with Crippen LogP contribution in [0.4, 0.5) is 5.69 Å². The molecule has 1 aromatic rings. The highest BCUT2D eigenvalue weighted by molar-refractivity contribution is 5.89. The molecule has 1 fully saturated rings. The third kappa shape index (κ3) is 4.26. The molecule has 1 aliphatic carbocycles. The number of anilines is 1. The van der Waals surface area contributed by atoms with Crippen molar-refractivity contribution < 1.29 is 9.53 Å². The molecule has 0 heterocycles. The Balaban J connectivity index is 1.83. The maximum Gasteiger partial charge on any atom is 0.338 e. The molecule has 3 nitrogen and oxygen atoms in total. The molecule has 2 rings (SSSR count). The number of rotatable bonds is 5. The van der Waals surface area contributed by atoms with Crippen LogP contribution in [0.1, 0.15) is 49.9 Å². The third-order valence-corrected chi connectivity index (χ3v) is 4.04. The van der Waals surface area contributed by atoms with Gasteiger partial charge in [0.2, 0.25) is 0 Å². The summed E-state index contributed by atoms with van der Waals surface area (Å²) in [6.45, 7) is 5.61. The standard InChI is InChI=1S/C17H25NO2/c1-3-20-17(19)15-7-9-16(10-8-15)18-12-14-6-4-5-13(2)11-14/h7-10,13-14,18H,3-6,11-12H2,1-2H3. The van der Waals surface area contributed by atoms with Crippen LogP contribution in [0.15, 0.2) is 24.3 Å². The molecule has 0 radical (unpaired) electrons. The van der Waals surface area contributed by atoms with Crippen molar-refractivity contribution in [1.82, 2.24) is 0 Å². The van der Waals surface area contributed by atoms with Crippen LogP contribution in [0.25, 0.3) is 0 Å². The van der Waals surface area contributed by atoms with E-state index in [1.54, 1.807) is 0 Å². The lowest BCUT2D eigenvalue weighted by Crippen LogP contribution is -2.21. The molecule has 110 valence electrons. The molecule has 20 heavy (non-hydrogen) atoms. The van der Waals surface area contributed by atoms with E-state index in [4.69, 9.17) is 4.74 Å². The van der Waals surface area contributed by atoms with Crippen LogP contribution in [0.3, 0.4) is 0 Å². The molecule has 2 atom stereocenters. The molecule has 1 aromatic carbocycles. The quantitative estimate of drug-likeness (QED) is 0.822. The van der Waals surface area contributed by atoms with Crippen molar-refractivity contribution in [2.45, 2.75) is 39.5 Å². The second kappa shape index (κ2) is 7.32. The maximum atomic E-state index is 11.6. The van der Waals surface area contributed by atoms with Gasteiger partial charge in [0, 0.05) is 12.2 Å². The highest BCUT2D eigenvalue weighted by Crippen LogP contribution is 2.28. The molecule has 2 unspecified atom stereocenters. The van der Waals surface area contributed by atoms with Gasteiger partial charge in [-0.1, -0.05) is 19.8 Å². The number of carbonyl (C=O) groups excluding carboxylic acids is 1. The normalized spacial score (nSPS) is 22.3. The van der Waals surface area contributed by atoms with Crippen LogP contribution < -0.4 is 5.32 Å². The predicted octanol–water partition coefficient (Wildman–Crippen LogP) is 4.10. The van der Waals surface area contributed by atoms with E-state index in [2.05, 4.69) is 12.2 Å². The van der Waals surface area contributed by atoms with Crippen LogP contribution in [-0.2, 0) is 4.74 Å². The van der Waals surface area contributed by atoms with E-state index in [9.17, 15) is 4.79 Å². The molecule has 1 N–H and O–H groups in total. The van der Waals surface area contributed by atoms with Gasteiger partial charge in [0.15, 0.2) is 0 Å². The van der Waals surface area contributed by atoms with Gasteiger partial charge in [0.1, 0.15) is 0 Å². The van der Waals surface area contributed by atoms with Gasteiger partial charge in [0.05, 0.1) is 12.2 Å². The number of hydrogen-bond acceptors (Lipinski definition) is 3. The molecule has 1 saturated carbocycles. The van der Waals surface area contributed by atoms with Crippen molar-refractivity contribution in [2.75, 3.05) is 18.5 Å². The van der Waals surface area contributed by atoms with Gasteiger partial charge >= 0.3 is 5.97 Å². The lowest BCUT2D eigenvalue weighted by atomic mass is 9.82. The molecule has 0 saturated heterocycles. The minimum Gasteiger partial charge on any atom is -0.462 e. The molecule has 0 spiro atoms. The van der Waals surface area contributed by atoms with Gasteiger partial charge in [0.25, 0.3) is 0 Å². The number of esters is 1. The Morgan fingerprint density at radius 1 is 1.30 bits per heavy atom. The molecule has 0 aromatic heterocycles.